The van der Waals surface area contributed by atoms with Gasteiger partial charge < -0.3 is 15.0 Å². The molecule has 0 aliphatic carbocycles. The Bertz CT molecular complexity index is 919. The van der Waals surface area contributed by atoms with Crippen LogP contribution in [0.3, 0.4) is 0 Å². The number of nitrogens with one attached hydrogen (secondary N) is 1. The molecule has 2 heterocycles. The summed E-state index contributed by atoms with van der Waals surface area (Å²) in [4.78, 5) is 28.3. The van der Waals surface area contributed by atoms with Crippen molar-refractivity contribution in [1.29, 1.82) is 0 Å². The lowest BCUT2D eigenvalue weighted by atomic mass is 10.0. The van der Waals surface area contributed by atoms with Crippen molar-refractivity contribution in [1.82, 2.24) is 9.80 Å². The van der Waals surface area contributed by atoms with Gasteiger partial charge >= 0.3 is 0 Å². The van der Waals surface area contributed by atoms with Gasteiger partial charge in [0, 0.05) is 50.9 Å². The van der Waals surface area contributed by atoms with Crippen molar-refractivity contribution in [3.63, 3.8) is 0 Å². The smallest absolute Gasteiger partial charge is 0.260 e. The average molecular weight is 405 g/mol. The topological polar surface area (TPSA) is 61.9 Å². The molecule has 2 aliphatic rings. The second-order valence-corrected chi connectivity index (χ2v) is 7.65. The number of benzene rings is 2. The number of hydrogen-bond donors (Lipinski definition) is 1. The number of nitrogens with zero attached hydrogens (tertiary/aromatic N) is 2. The minimum absolute atomic E-state index is 0.00349. The van der Waals surface area contributed by atoms with Crippen molar-refractivity contribution in [2.24, 2.45) is 0 Å². The van der Waals surface area contributed by atoms with Crippen LogP contribution in [0.5, 0.6) is 5.75 Å². The molecule has 0 radical (unpaired) electrons. The monoisotopic (exact) mass is 405 g/mol. The van der Waals surface area contributed by atoms with Crippen molar-refractivity contribution < 1.29 is 14.3 Å². The minimum Gasteiger partial charge on any atom is -0.484 e. The Morgan fingerprint density at radius 3 is 2.63 bits per heavy atom. The lowest BCUT2D eigenvalue weighted by Crippen LogP contribution is -2.49. The third-order valence-corrected chi connectivity index (χ3v) is 5.54. The van der Waals surface area contributed by atoms with Gasteiger partial charge in [-0.25, -0.2) is 0 Å². The first-order valence-corrected chi connectivity index (χ1v) is 10.4. The van der Waals surface area contributed by atoms with Crippen molar-refractivity contribution >= 4 is 23.6 Å². The van der Waals surface area contributed by atoms with Gasteiger partial charge in [0.25, 0.3) is 5.91 Å². The van der Waals surface area contributed by atoms with E-state index in [1.807, 2.05) is 35.2 Å². The van der Waals surface area contributed by atoms with Crippen LogP contribution >= 0.6 is 0 Å². The molecule has 4 rings (SSSR count). The number of ether oxygens (including phenoxy) is 1. The third-order valence-electron chi connectivity index (χ3n) is 5.54. The second kappa shape index (κ2) is 9.59. The molecule has 1 N–H and O–H groups in total. The standard InChI is InChI=1S/C24H27N3O3/c28-23-11-9-20-8-10-21(17-22(20)25-23)30-18-24(29)27-15-13-26(14-16-27)12-4-7-19-5-2-1-3-6-19/h1-8,10,17H,9,11-16,18H2,(H,25,28)/b7-4+. The van der Waals surface area contributed by atoms with Crippen molar-refractivity contribution in [3.8, 4) is 5.75 Å². The Kier molecular flexibility index (Phi) is 6.44. The normalized spacial score (nSPS) is 16.9. The third kappa shape index (κ3) is 5.27. The van der Waals surface area contributed by atoms with Gasteiger partial charge in [0.15, 0.2) is 6.61 Å². The van der Waals surface area contributed by atoms with Gasteiger partial charge in [-0.15, -0.1) is 0 Å². The zero-order valence-corrected chi connectivity index (χ0v) is 17.0. The van der Waals surface area contributed by atoms with Crippen LogP contribution in [-0.2, 0) is 16.0 Å². The van der Waals surface area contributed by atoms with E-state index in [0.29, 0.717) is 25.3 Å². The second-order valence-electron chi connectivity index (χ2n) is 7.65. The number of piperazine rings is 1. The van der Waals surface area contributed by atoms with Gasteiger partial charge in [-0.3, -0.25) is 14.5 Å². The first kappa shape index (κ1) is 20.2. The van der Waals surface area contributed by atoms with Crippen LogP contribution < -0.4 is 10.1 Å². The Morgan fingerprint density at radius 2 is 1.83 bits per heavy atom. The number of rotatable bonds is 6. The molecule has 0 saturated carbocycles. The molecule has 0 unspecified atom stereocenters. The highest BCUT2D eigenvalue weighted by molar-refractivity contribution is 5.94. The summed E-state index contributed by atoms with van der Waals surface area (Å²) < 4.78 is 5.70. The molecule has 0 atom stereocenters. The van der Waals surface area contributed by atoms with E-state index in [1.165, 1.54) is 5.56 Å². The Morgan fingerprint density at radius 1 is 1.03 bits per heavy atom. The van der Waals surface area contributed by atoms with Crippen molar-refractivity contribution in [2.45, 2.75) is 12.8 Å². The van der Waals surface area contributed by atoms with Gasteiger partial charge in [-0.1, -0.05) is 48.6 Å². The molecule has 2 aromatic rings. The predicted octanol–water partition coefficient (Wildman–Crippen LogP) is 2.81. The van der Waals surface area contributed by atoms with Gasteiger partial charge in [0.1, 0.15) is 5.75 Å². The highest BCUT2D eigenvalue weighted by Crippen LogP contribution is 2.27. The summed E-state index contributed by atoms with van der Waals surface area (Å²) in [5.41, 5.74) is 3.09. The van der Waals surface area contributed by atoms with Gasteiger partial charge in [-0.2, -0.15) is 0 Å². The summed E-state index contributed by atoms with van der Waals surface area (Å²) in [6.07, 6.45) is 5.56. The molecule has 30 heavy (non-hydrogen) atoms. The molecule has 1 fully saturated rings. The van der Waals surface area contributed by atoms with Crippen LogP contribution in [0.15, 0.2) is 54.6 Å². The molecule has 6 nitrogen and oxygen atoms in total. The SMILES string of the molecule is O=C1CCc2ccc(OCC(=O)N3CCN(C/C=C/c4ccccc4)CC3)cc2N1. The zero-order chi connectivity index (χ0) is 20.8. The number of aryl methyl sites for hydroxylation is 1. The fourth-order valence-corrected chi connectivity index (χ4v) is 3.76. The quantitative estimate of drug-likeness (QED) is 0.803. The maximum Gasteiger partial charge on any atom is 0.260 e. The fourth-order valence-electron chi connectivity index (χ4n) is 3.76. The van der Waals surface area contributed by atoms with E-state index < -0.39 is 0 Å². The van der Waals surface area contributed by atoms with Crippen LogP contribution in [-0.4, -0.2) is 60.9 Å². The van der Waals surface area contributed by atoms with Crippen LogP contribution in [0.4, 0.5) is 5.69 Å². The minimum atomic E-state index is -0.00349. The predicted molar refractivity (Wildman–Crippen MR) is 117 cm³/mol. The summed E-state index contributed by atoms with van der Waals surface area (Å²) in [5.74, 6) is 0.623. The molecule has 6 heteroatoms. The maximum atomic E-state index is 12.5. The number of hydrogen-bond acceptors (Lipinski definition) is 4. The van der Waals surface area contributed by atoms with Crippen LogP contribution in [0.25, 0.3) is 6.08 Å². The van der Waals surface area contributed by atoms with Gasteiger partial charge in [0.2, 0.25) is 5.91 Å². The molecule has 1 saturated heterocycles. The van der Waals surface area contributed by atoms with Crippen molar-refractivity contribution in [2.75, 3.05) is 44.6 Å². The van der Waals surface area contributed by atoms with Crippen LogP contribution in [0, 0.1) is 0 Å². The van der Waals surface area contributed by atoms with E-state index in [0.717, 1.165) is 37.3 Å². The first-order chi connectivity index (χ1) is 14.7. The molecule has 156 valence electrons. The number of carbonyl (C=O) groups is 2. The lowest BCUT2D eigenvalue weighted by Gasteiger charge is -2.34. The van der Waals surface area contributed by atoms with E-state index in [9.17, 15) is 9.59 Å². The maximum absolute atomic E-state index is 12.5. The van der Waals surface area contributed by atoms with E-state index in [-0.39, 0.29) is 18.4 Å². The Labute approximate surface area is 177 Å². The number of anilines is 1. The molecular formula is C24H27N3O3. The average Bonchev–Trinajstić information content (AvgIpc) is 2.78. The molecule has 2 aromatic carbocycles. The Hall–Kier alpha value is -3.12. The van der Waals surface area contributed by atoms with Crippen LogP contribution in [0.1, 0.15) is 17.5 Å². The molecule has 2 aliphatic heterocycles. The number of carbonyl (C=O) groups excluding carboxylic acids is 2. The number of amides is 2. The van der Waals surface area contributed by atoms with E-state index in [1.54, 1.807) is 6.07 Å². The van der Waals surface area contributed by atoms with E-state index in [4.69, 9.17) is 4.74 Å². The van der Waals surface area contributed by atoms with Gasteiger partial charge in [0.05, 0.1) is 0 Å². The van der Waals surface area contributed by atoms with Crippen LogP contribution in [0.2, 0.25) is 0 Å². The van der Waals surface area contributed by atoms with E-state index in [2.05, 4.69) is 34.5 Å². The highest BCUT2D eigenvalue weighted by atomic mass is 16.5. The summed E-state index contributed by atoms with van der Waals surface area (Å²) >= 11 is 0. The lowest BCUT2D eigenvalue weighted by molar-refractivity contribution is -0.135. The Balaban J connectivity index is 1.21. The largest absolute Gasteiger partial charge is 0.484 e. The summed E-state index contributed by atoms with van der Waals surface area (Å²) in [6.45, 7) is 4.03. The zero-order valence-electron chi connectivity index (χ0n) is 17.0. The molecule has 0 bridgehead atoms. The summed E-state index contributed by atoms with van der Waals surface area (Å²) in [7, 11) is 0. The van der Waals surface area contributed by atoms with Gasteiger partial charge in [-0.05, 0) is 23.6 Å². The first-order valence-electron chi connectivity index (χ1n) is 10.4. The summed E-state index contributed by atoms with van der Waals surface area (Å²) in [6, 6.07) is 15.9. The van der Waals surface area contributed by atoms with E-state index >= 15 is 0 Å². The molecular weight excluding hydrogens is 378 g/mol. The summed E-state index contributed by atoms with van der Waals surface area (Å²) in [5, 5.41) is 2.86. The number of fused-ring (bicyclic) bond motifs is 1. The highest BCUT2D eigenvalue weighted by Gasteiger charge is 2.21. The van der Waals surface area contributed by atoms with Crippen molar-refractivity contribution in [3.05, 3.63) is 65.7 Å². The molecule has 2 amide bonds. The fraction of sp³-hybridized carbons (Fsp3) is 0.333. The molecule has 0 spiro atoms. The molecule has 0 aromatic heterocycles.